The summed E-state index contributed by atoms with van der Waals surface area (Å²) in [6, 6.07) is -1.03. The van der Waals surface area contributed by atoms with Gasteiger partial charge in [0, 0.05) is 6.42 Å². The number of aliphatic hydroxyl groups is 5. The fourth-order valence-corrected chi connectivity index (χ4v) is 10.7. The number of hydrogen-bond acceptors (Lipinski definition) is 10. The van der Waals surface area contributed by atoms with E-state index >= 15 is 0 Å². The van der Waals surface area contributed by atoms with Gasteiger partial charge in [-0.2, -0.15) is 0 Å². The Morgan fingerprint density at radius 1 is 0.471 bits per heavy atom. The van der Waals surface area contributed by atoms with Gasteiger partial charge >= 0.3 is 5.97 Å². The molecular formula is C74H131NO10. The number of nitrogens with one attached hydrogen (secondary N) is 1. The molecule has 0 radical (unpaired) electrons. The van der Waals surface area contributed by atoms with Crippen molar-refractivity contribution in [1.29, 1.82) is 0 Å². The van der Waals surface area contributed by atoms with Gasteiger partial charge in [0.25, 0.3) is 0 Å². The molecule has 1 saturated heterocycles. The van der Waals surface area contributed by atoms with E-state index in [0.717, 1.165) is 103 Å². The normalized spacial score (nSPS) is 18.9. The molecule has 1 heterocycles. The van der Waals surface area contributed by atoms with E-state index in [4.69, 9.17) is 14.2 Å². The van der Waals surface area contributed by atoms with Crippen LogP contribution in [0.3, 0.4) is 0 Å². The van der Waals surface area contributed by atoms with Gasteiger partial charge in [-0.05, 0) is 96.3 Å². The summed E-state index contributed by atoms with van der Waals surface area (Å²) < 4.78 is 17.7. The molecule has 1 fully saturated rings. The summed E-state index contributed by atoms with van der Waals surface area (Å²) in [6.07, 6.45) is 70.6. The maximum absolute atomic E-state index is 13.5. The summed E-state index contributed by atoms with van der Waals surface area (Å²) in [5.41, 5.74) is 0. The third kappa shape index (κ3) is 48.4. The molecule has 11 heteroatoms. The second kappa shape index (κ2) is 61.1. The standard InChI is InChI=1S/C74H131NO10/c1-4-7-10-13-16-19-22-24-26-28-30-32-33-34-36-37-39-41-43-46-49-52-55-58-61-67(78)73(82)75-65(66(77)60-57-54-51-48-45-21-18-15-12-9-6-3)64-83-74-72(71(81)70(80)68(63-76)84-74)85-69(79)62-59-56-53-50-47-44-42-40-38-35-31-29-27-25-23-20-17-14-11-8-5-2/h8,11,17,20,24-27,31,35,40,42,57,60,65-68,70-72,74,76-78,80-81H,4-7,9-10,12-16,18-19,21-23,28-30,32-34,36-39,41,43-56,58-59,61-64H2,1-3H3,(H,75,82)/b11-8-,20-17-,26-24+,27-25-,35-31-,42-40-,60-57+. The van der Waals surface area contributed by atoms with E-state index in [-0.39, 0.29) is 19.4 Å². The number of ether oxygens (including phenoxy) is 3. The highest BCUT2D eigenvalue weighted by Gasteiger charge is 2.47. The van der Waals surface area contributed by atoms with Crippen molar-refractivity contribution in [3.8, 4) is 0 Å². The lowest BCUT2D eigenvalue weighted by atomic mass is 9.99. The molecule has 0 spiro atoms. The number of carbonyl (C=O) groups excluding carboxylic acids is 2. The summed E-state index contributed by atoms with van der Waals surface area (Å²) in [5, 5.41) is 57.2. The number of carbonyl (C=O) groups is 2. The van der Waals surface area contributed by atoms with Crippen LogP contribution in [0.5, 0.6) is 0 Å². The van der Waals surface area contributed by atoms with Gasteiger partial charge in [-0.25, -0.2) is 0 Å². The van der Waals surface area contributed by atoms with Gasteiger partial charge in [0.2, 0.25) is 5.91 Å². The van der Waals surface area contributed by atoms with Crippen LogP contribution in [0.15, 0.2) is 85.1 Å². The molecule has 0 saturated carbocycles. The summed E-state index contributed by atoms with van der Waals surface area (Å²) in [6.45, 7) is 5.68. The third-order valence-corrected chi connectivity index (χ3v) is 16.3. The molecule has 0 bridgehead atoms. The van der Waals surface area contributed by atoms with Crippen LogP contribution in [-0.4, -0.2) is 99.6 Å². The number of amides is 1. The Labute approximate surface area is 521 Å². The number of allylic oxidation sites excluding steroid dienone is 13. The lowest BCUT2D eigenvalue weighted by molar-refractivity contribution is -0.305. The molecule has 1 amide bonds. The number of rotatable bonds is 60. The first kappa shape index (κ1) is 79.9. The molecule has 11 nitrogen and oxygen atoms in total. The van der Waals surface area contributed by atoms with Crippen molar-refractivity contribution in [2.24, 2.45) is 0 Å². The molecule has 8 atom stereocenters. The zero-order valence-corrected chi connectivity index (χ0v) is 54.7. The van der Waals surface area contributed by atoms with Crippen molar-refractivity contribution in [3.05, 3.63) is 85.1 Å². The highest BCUT2D eigenvalue weighted by Crippen LogP contribution is 2.26. The van der Waals surface area contributed by atoms with Crippen molar-refractivity contribution in [2.75, 3.05) is 13.2 Å². The van der Waals surface area contributed by atoms with Gasteiger partial charge in [-0.1, -0.05) is 292 Å². The van der Waals surface area contributed by atoms with E-state index in [1.807, 2.05) is 6.08 Å². The SMILES string of the molecule is CC/C=C\C/C=C\C/C=C\C/C=C\C/C=C\CCCCCCCC(=O)OC1C(OCC(NC(=O)C(O)CCCCCCCCCCCCCCCC/C=C/CCCCCCCC)C(O)/C=C/CCCCCCCCCCC)OC(CO)C(O)C1O. The summed E-state index contributed by atoms with van der Waals surface area (Å²) >= 11 is 0. The van der Waals surface area contributed by atoms with E-state index in [1.54, 1.807) is 6.08 Å². The highest BCUT2D eigenvalue weighted by atomic mass is 16.7. The van der Waals surface area contributed by atoms with E-state index in [1.165, 1.54) is 161 Å². The Hall–Kier alpha value is -3.16. The zero-order valence-electron chi connectivity index (χ0n) is 54.7. The topological polar surface area (TPSA) is 175 Å². The van der Waals surface area contributed by atoms with Crippen molar-refractivity contribution < 1.29 is 49.3 Å². The lowest BCUT2D eigenvalue weighted by Crippen LogP contribution is -2.61. The van der Waals surface area contributed by atoms with Crippen LogP contribution in [0, 0.1) is 0 Å². The number of hydrogen-bond donors (Lipinski definition) is 6. The van der Waals surface area contributed by atoms with E-state index in [2.05, 4.69) is 99.0 Å². The lowest BCUT2D eigenvalue weighted by Gasteiger charge is -2.41. The maximum atomic E-state index is 13.5. The largest absolute Gasteiger partial charge is 0.454 e. The first-order chi connectivity index (χ1) is 41.7. The van der Waals surface area contributed by atoms with Gasteiger partial charge in [0.15, 0.2) is 12.4 Å². The average molecular weight is 1190 g/mol. The Bertz CT molecular complexity index is 1710. The van der Waals surface area contributed by atoms with Crippen molar-refractivity contribution >= 4 is 11.9 Å². The van der Waals surface area contributed by atoms with Gasteiger partial charge in [-0.15, -0.1) is 0 Å². The Kier molecular flexibility index (Phi) is 57.4. The summed E-state index contributed by atoms with van der Waals surface area (Å²) in [4.78, 5) is 26.7. The quantitative estimate of drug-likeness (QED) is 0.0195. The minimum atomic E-state index is -1.63. The number of esters is 1. The van der Waals surface area contributed by atoms with Gasteiger partial charge in [-0.3, -0.25) is 9.59 Å². The fourth-order valence-electron chi connectivity index (χ4n) is 10.7. The predicted octanol–water partition coefficient (Wildman–Crippen LogP) is 18.1. The Morgan fingerprint density at radius 3 is 1.28 bits per heavy atom. The van der Waals surface area contributed by atoms with Crippen molar-refractivity contribution in [1.82, 2.24) is 5.32 Å². The molecule has 492 valence electrons. The number of aliphatic hydroxyl groups excluding tert-OH is 5. The fraction of sp³-hybridized carbons (Fsp3) is 0.784. The minimum Gasteiger partial charge on any atom is -0.454 e. The average Bonchev–Trinajstić information content (AvgIpc) is 2.91. The Morgan fingerprint density at radius 2 is 0.847 bits per heavy atom. The minimum absolute atomic E-state index is 0.0989. The monoisotopic (exact) mass is 1190 g/mol. The molecule has 85 heavy (non-hydrogen) atoms. The molecular weight excluding hydrogens is 1060 g/mol. The van der Waals surface area contributed by atoms with Crippen LogP contribution in [0.1, 0.15) is 310 Å². The smallest absolute Gasteiger partial charge is 0.306 e. The summed E-state index contributed by atoms with van der Waals surface area (Å²) in [7, 11) is 0. The molecule has 1 aliphatic heterocycles. The van der Waals surface area contributed by atoms with E-state index < -0.39 is 67.4 Å². The van der Waals surface area contributed by atoms with Gasteiger partial charge in [0.1, 0.15) is 24.4 Å². The van der Waals surface area contributed by atoms with E-state index in [0.29, 0.717) is 12.8 Å². The molecule has 8 unspecified atom stereocenters. The second-order valence-electron chi connectivity index (χ2n) is 24.2. The molecule has 6 N–H and O–H groups in total. The number of unbranched alkanes of at least 4 members (excludes halogenated alkanes) is 34. The van der Waals surface area contributed by atoms with Crippen LogP contribution >= 0.6 is 0 Å². The Balaban J connectivity index is 2.57. The second-order valence-corrected chi connectivity index (χ2v) is 24.2. The van der Waals surface area contributed by atoms with Crippen LogP contribution in [0.2, 0.25) is 0 Å². The molecule has 0 aromatic carbocycles. The maximum Gasteiger partial charge on any atom is 0.306 e. The van der Waals surface area contributed by atoms with Crippen LogP contribution in [-0.2, 0) is 23.8 Å². The van der Waals surface area contributed by atoms with Crippen molar-refractivity contribution in [3.63, 3.8) is 0 Å². The van der Waals surface area contributed by atoms with Crippen LogP contribution in [0.4, 0.5) is 0 Å². The van der Waals surface area contributed by atoms with Gasteiger partial charge < -0.3 is 45.1 Å². The molecule has 0 aliphatic carbocycles. The van der Waals surface area contributed by atoms with Gasteiger partial charge in [0.05, 0.1) is 25.4 Å². The van der Waals surface area contributed by atoms with Crippen LogP contribution < -0.4 is 5.32 Å². The molecule has 0 aromatic heterocycles. The molecule has 1 aliphatic rings. The first-order valence-corrected chi connectivity index (χ1v) is 35.4. The highest BCUT2D eigenvalue weighted by molar-refractivity contribution is 5.80. The summed E-state index contributed by atoms with van der Waals surface area (Å²) in [5.74, 6) is -1.21. The van der Waals surface area contributed by atoms with Crippen LogP contribution in [0.25, 0.3) is 0 Å². The zero-order chi connectivity index (χ0) is 61.7. The predicted molar refractivity (Wildman–Crippen MR) is 356 cm³/mol. The van der Waals surface area contributed by atoms with E-state index in [9.17, 15) is 35.1 Å². The van der Waals surface area contributed by atoms with Crippen molar-refractivity contribution in [2.45, 2.75) is 359 Å². The third-order valence-electron chi connectivity index (χ3n) is 16.3. The molecule has 1 rings (SSSR count). The molecule has 0 aromatic rings. The first-order valence-electron chi connectivity index (χ1n) is 35.4.